The number of hydrogen-bond acceptors (Lipinski definition) is 4. The molecule has 0 radical (unpaired) electrons. The number of rotatable bonds is 5. The van der Waals surface area contributed by atoms with Gasteiger partial charge in [0, 0.05) is 4.90 Å². The van der Waals surface area contributed by atoms with Crippen LogP contribution in [0.15, 0.2) is 41.3 Å². The lowest BCUT2D eigenvalue weighted by molar-refractivity contribution is 0.102. The summed E-state index contributed by atoms with van der Waals surface area (Å²) < 4.78 is 5.72. The van der Waals surface area contributed by atoms with Gasteiger partial charge in [0.1, 0.15) is 5.75 Å². The minimum Gasteiger partial charge on any atom is -0.497 e. The van der Waals surface area contributed by atoms with Crippen molar-refractivity contribution >= 4 is 40.5 Å². The highest BCUT2D eigenvalue weighted by Gasteiger charge is 2.09. The number of ether oxygens (including phenoxy) is 1. The van der Waals surface area contributed by atoms with Crippen molar-refractivity contribution in [2.45, 2.75) is 4.90 Å². The molecule has 0 amide bonds. The zero-order valence-corrected chi connectivity index (χ0v) is 12.1. The van der Waals surface area contributed by atoms with Crippen LogP contribution >= 0.6 is 34.7 Å². The summed E-state index contributed by atoms with van der Waals surface area (Å²) in [6.07, 6.45) is 0. The van der Waals surface area contributed by atoms with Gasteiger partial charge < -0.3 is 4.74 Å². The maximum absolute atomic E-state index is 11.9. The normalized spacial score (nSPS) is 10.3. The molecule has 2 rings (SSSR count). The van der Waals surface area contributed by atoms with Crippen molar-refractivity contribution < 1.29 is 9.53 Å². The standard InChI is InChI=1S/C13H11ClO2S2/c1-16-9-2-4-10(5-3-9)17-8-11(15)12-6-7-13(14)18-12/h2-7H,8H2,1H3. The van der Waals surface area contributed by atoms with Gasteiger partial charge in [0.15, 0.2) is 5.78 Å². The number of Topliss-reactive ketones (excluding diaryl/α,β-unsaturated/α-hetero) is 1. The van der Waals surface area contributed by atoms with E-state index in [9.17, 15) is 4.79 Å². The molecule has 2 nitrogen and oxygen atoms in total. The van der Waals surface area contributed by atoms with E-state index in [0.29, 0.717) is 15.0 Å². The van der Waals surface area contributed by atoms with E-state index >= 15 is 0 Å². The molecule has 18 heavy (non-hydrogen) atoms. The molecule has 0 aliphatic carbocycles. The van der Waals surface area contributed by atoms with Crippen molar-refractivity contribution in [3.8, 4) is 5.75 Å². The number of ketones is 1. The van der Waals surface area contributed by atoms with E-state index in [4.69, 9.17) is 16.3 Å². The van der Waals surface area contributed by atoms with Crippen molar-refractivity contribution in [3.63, 3.8) is 0 Å². The van der Waals surface area contributed by atoms with Crippen LogP contribution in [0.5, 0.6) is 5.75 Å². The molecule has 0 fully saturated rings. The van der Waals surface area contributed by atoms with Crippen molar-refractivity contribution in [2.75, 3.05) is 12.9 Å². The van der Waals surface area contributed by atoms with Gasteiger partial charge in [0.2, 0.25) is 0 Å². The third-order valence-electron chi connectivity index (χ3n) is 2.28. The number of halogens is 1. The van der Waals surface area contributed by atoms with Crippen molar-refractivity contribution in [2.24, 2.45) is 0 Å². The smallest absolute Gasteiger partial charge is 0.183 e. The van der Waals surface area contributed by atoms with Gasteiger partial charge in [-0.15, -0.1) is 23.1 Å². The van der Waals surface area contributed by atoms with Crippen molar-refractivity contribution in [1.82, 2.24) is 0 Å². The predicted molar refractivity (Wildman–Crippen MR) is 77.4 cm³/mol. The molecule has 94 valence electrons. The fourth-order valence-corrected chi connectivity index (χ4v) is 3.21. The number of benzene rings is 1. The third-order valence-corrected chi connectivity index (χ3v) is 4.56. The van der Waals surface area contributed by atoms with Gasteiger partial charge in [0.25, 0.3) is 0 Å². The molecule has 0 N–H and O–H groups in total. The Hall–Kier alpha value is -0.970. The molecule has 0 aliphatic rings. The van der Waals surface area contributed by atoms with Crippen LogP contribution in [-0.4, -0.2) is 18.6 Å². The Morgan fingerprint density at radius 2 is 2.00 bits per heavy atom. The van der Waals surface area contributed by atoms with E-state index in [0.717, 1.165) is 10.6 Å². The summed E-state index contributed by atoms with van der Waals surface area (Å²) in [5.41, 5.74) is 0. The molecule has 1 aromatic carbocycles. The average molecular weight is 299 g/mol. The zero-order chi connectivity index (χ0) is 13.0. The van der Waals surface area contributed by atoms with E-state index in [-0.39, 0.29) is 5.78 Å². The molecule has 0 spiro atoms. The Kier molecular flexibility index (Phi) is 4.69. The predicted octanol–water partition coefficient (Wildman–Crippen LogP) is 4.39. The van der Waals surface area contributed by atoms with Crippen LogP contribution in [0.2, 0.25) is 4.34 Å². The van der Waals surface area contributed by atoms with Gasteiger partial charge in [-0.1, -0.05) is 11.6 Å². The van der Waals surface area contributed by atoms with Gasteiger partial charge in [-0.25, -0.2) is 0 Å². The molecule has 1 aromatic heterocycles. The molecule has 2 aromatic rings. The highest BCUT2D eigenvalue weighted by molar-refractivity contribution is 8.00. The van der Waals surface area contributed by atoms with Crippen molar-refractivity contribution in [1.29, 1.82) is 0 Å². The topological polar surface area (TPSA) is 26.3 Å². The van der Waals surface area contributed by atoms with E-state index in [2.05, 4.69) is 0 Å². The van der Waals surface area contributed by atoms with Gasteiger partial charge in [-0.2, -0.15) is 0 Å². The number of carbonyl (C=O) groups excluding carboxylic acids is 1. The maximum Gasteiger partial charge on any atom is 0.183 e. The molecule has 0 saturated carbocycles. The van der Waals surface area contributed by atoms with Gasteiger partial charge in [-0.3, -0.25) is 4.79 Å². The molecule has 0 saturated heterocycles. The number of thioether (sulfide) groups is 1. The number of carbonyl (C=O) groups is 1. The summed E-state index contributed by atoms with van der Waals surface area (Å²) in [6, 6.07) is 11.2. The average Bonchev–Trinajstić information content (AvgIpc) is 2.83. The lowest BCUT2D eigenvalue weighted by Gasteiger charge is -2.02. The first-order chi connectivity index (χ1) is 8.69. The van der Waals surface area contributed by atoms with Crippen LogP contribution in [0.4, 0.5) is 0 Å². The first-order valence-electron chi connectivity index (χ1n) is 5.24. The van der Waals surface area contributed by atoms with E-state index in [1.807, 2.05) is 24.3 Å². The molecule has 5 heteroatoms. The Balaban J connectivity index is 1.92. The number of methoxy groups -OCH3 is 1. The fourth-order valence-electron chi connectivity index (χ4n) is 1.36. The van der Waals surface area contributed by atoms with Gasteiger partial charge >= 0.3 is 0 Å². The maximum atomic E-state index is 11.9. The monoisotopic (exact) mass is 298 g/mol. The second-order valence-electron chi connectivity index (χ2n) is 3.49. The largest absolute Gasteiger partial charge is 0.497 e. The van der Waals surface area contributed by atoms with Crippen molar-refractivity contribution in [3.05, 3.63) is 45.6 Å². The van der Waals surface area contributed by atoms with Crippen LogP contribution in [-0.2, 0) is 0 Å². The first-order valence-corrected chi connectivity index (χ1v) is 7.42. The highest BCUT2D eigenvalue weighted by Crippen LogP contribution is 2.25. The summed E-state index contributed by atoms with van der Waals surface area (Å²) >= 11 is 8.63. The SMILES string of the molecule is COc1ccc(SCC(=O)c2ccc(Cl)s2)cc1. The fraction of sp³-hybridized carbons (Fsp3) is 0.154. The zero-order valence-electron chi connectivity index (χ0n) is 9.68. The number of hydrogen-bond donors (Lipinski definition) is 0. The second kappa shape index (κ2) is 6.27. The summed E-state index contributed by atoms with van der Waals surface area (Å²) in [4.78, 5) is 13.6. The quantitative estimate of drug-likeness (QED) is 0.605. The van der Waals surface area contributed by atoms with Crippen LogP contribution in [0.25, 0.3) is 0 Å². The molecule has 0 unspecified atom stereocenters. The summed E-state index contributed by atoms with van der Waals surface area (Å²) in [5.74, 6) is 1.34. The lowest BCUT2D eigenvalue weighted by Crippen LogP contribution is -1.98. The van der Waals surface area contributed by atoms with Gasteiger partial charge in [-0.05, 0) is 36.4 Å². The Morgan fingerprint density at radius 1 is 1.28 bits per heavy atom. The second-order valence-corrected chi connectivity index (χ2v) is 6.25. The van der Waals surface area contributed by atoms with Crippen LogP contribution in [0.1, 0.15) is 9.67 Å². The Bertz CT molecular complexity index is 534. The van der Waals surface area contributed by atoms with Crippen LogP contribution in [0.3, 0.4) is 0 Å². The minimum atomic E-state index is 0.104. The van der Waals surface area contributed by atoms with Gasteiger partial charge in [0.05, 0.1) is 22.1 Å². The number of thiophene rings is 1. The molecule has 0 bridgehead atoms. The molecular formula is C13H11ClO2S2. The molecule has 1 heterocycles. The minimum absolute atomic E-state index is 0.104. The summed E-state index contributed by atoms with van der Waals surface area (Å²) in [6.45, 7) is 0. The Morgan fingerprint density at radius 3 is 2.56 bits per heavy atom. The van der Waals surface area contributed by atoms with Crippen LogP contribution < -0.4 is 4.74 Å². The first kappa shape index (κ1) is 13.5. The third kappa shape index (κ3) is 3.51. The summed E-state index contributed by atoms with van der Waals surface area (Å²) in [7, 11) is 1.63. The highest BCUT2D eigenvalue weighted by atomic mass is 35.5. The molecular weight excluding hydrogens is 288 g/mol. The van der Waals surface area contributed by atoms with E-state index in [1.54, 1.807) is 19.2 Å². The Labute approximate surface area is 119 Å². The van der Waals surface area contributed by atoms with Crippen LogP contribution in [0, 0.1) is 0 Å². The lowest BCUT2D eigenvalue weighted by atomic mass is 10.3. The summed E-state index contributed by atoms with van der Waals surface area (Å²) in [5, 5.41) is 0. The molecule has 0 aliphatic heterocycles. The molecule has 0 atom stereocenters. The van der Waals surface area contributed by atoms with E-state index in [1.165, 1.54) is 23.1 Å². The van der Waals surface area contributed by atoms with E-state index < -0.39 is 0 Å².